The van der Waals surface area contributed by atoms with Crippen LogP contribution >= 0.6 is 0 Å². The largest absolute Gasteiger partial charge is 0.496 e. The molecule has 2 N–H and O–H groups in total. The van der Waals surface area contributed by atoms with Crippen molar-refractivity contribution in [2.45, 2.75) is 19.8 Å². The number of nitrogens with two attached hydrogens (primary N) is 1. The molecule has 5 heteroatoms. The third-order valence-electron chi connectivity index (χ3n) is 3.93. The summed E-state index contributed by atoms with van der Waals surface area (Å²) in [4.78, 5) is 25.7. The number of amides is 1. The average Bonchev–Trinajstić information content (AvgIpc) is 2.47. The predicted molar refractivity (Wildman–Crippen MR) is 80.4 cm³/mol. The van der Waals surface area contributed by atoms with Crippen LogP contribution in [0.4, 0.5) is 0 Å². The van der Waals surface area contributed by atoms with Gasteiger partial charge in [0.2, 0.25) is 5.91 Å². The van der Waals surface area contributed by atoms with E-state index in [1.807, 2.05) is 24.0 Å². The zero-order valence-corrected chi connectivity index (χ0v) is 12.6. The number of rotatable bonds is 5. The Morgan fingerprint density at radius 2 is 2.19 bits per heavy atom. The van der Waals surface area contributed by atoms with Crippen molar-refractivity contribution in [3.63, 3.8) is 0 Å². The summed E-state index contributed by atoms with van der Waals surface area (Å²) in [5.74, 6) is 0.187. The first-order chi connectivity index (χ1) is 10.0. The SMILES string of the molecule is COc1cc(C)ccc1C(=O)CN1CCCC(C(N)=O)C1. The minimum atomic E-state index is -0.278. The van der Waals surface area contributed by atoms with E-state index in [4.69, 9.17) is 10.5 Å². The average molecular weight is 290 g/mol. The molecule has 1 saturated heterocycles. The number of benzene rings is 1. The summed E-state index contributed by atoms with van der Waals surface area (Å²) in [7, 11) is 1.57. The van der Waals surface area contributed by atoms with E-state index in [-0.39, 0.29) is 17.6 Å². The molecule has 0 aliphatic carbocycles. The van der Waals surface area contributed by atoms with Crippen LogP contribution in [0, 0.1) is 12.8 Å². The second-order valence-electron chi connectivity index (χ2n) is 5.60. The monoisotopic (exact) mass is 290 g/mol. The predicted octanol–water partition coefficient (Wildman–Crippen LogP) is 1.38. The molecule has 0 bridgehead atoms. The zero-order valence-electron chi connectivity index (χ0n) is 12.6. The Morgan fingerprint density at radius 3 is 2.86 bits per heavy atom. The molecule has 21 heavy (non-hydrogen) atoms. The Labute approximate surface area is 125 Å². The first-order valence-electron chi connectivity index (χ1n) is 7.20. The van der Waals surface area contributed by atoms with Crippen LogP contribution in [0.5, 0.6) is 5.75 Å². The van der Waals surface area contributed by atoms with Gasteiger partial charge in [-0.2, -0.15) is 0 Å². The van der Waals surface area contributed by atoms with Gasteiger partial charge in [0.25, 0.3) is 0 Å². The highest BCUT2D eigenvalue weighted by atomic mass is 16.5. The second kappa shape index (κ2) is 6.72. The fraction of sp³-hybridized carbons (Fsp3) is 0.500. The van der Waals surface area contributed by atoms with Crippen molar-refractivity contribution in [1.82, 2.24) is 4.90 Å². The highest BCUT2D eigenvalue weighted by molar-refractivity contribution is 6.00. The number of primary amides is 1. The van der Waals surface area contributed by atoms with Gasteiger partial charge in [-0.05, 0) is 44.0 Å². The summed E-state index contributed by atoms with van der Waals surface area (Å²) in [6.45, 7) is 3.64. The molecule has 1 heterocycles. The number of piperidine rings is 1. The number of carbonyl (C=O) groups is 2. The van der Waals surface area contributed by atoms with E-state index in [2.05, 4.69) is 0 Å². The van der Waals surface area contributed by atoms with Crippen LogP contribution in [0.25, 0.3) is 0 Å². The van der Waals surface area contributed by atoms with Crippen LogP contribution in [0.1, 0.15) is 28.8 Å². The summed E-state index contributed by atoms with van der Waals surface area (Å²) in [5.41, 5.74) is 7.00. The Balaban J connectivity index is 2.06. The molecule has 5 nitrogen and oxygen atoms in total. The Hall–Kier alpha value is -1.88. The Bertz CT molecular complexity index is 542. The van der Waals surface area contributed by atoms with Crippen LogP contribution in [0.2, 0.25) is 0 Å². The van der Waals surface area contributed by atoms with Gasteiger partial charge in [-0.15, -0.1) is 0 Å². The number of ketones is 1. The molecule has 1 aromatic rings. The molecule has 1 fully saturated rings. The van der Waals surface area contributed by atoms with Crippen LogP contribution in [0.15, 0.2) is 18.2 Å². The molecule has 1 unspecified atom stereocenters. The molecule has 114 valence electrons. The summed E-state index contributed by atoms with van der Waals surface area (Å²) in [5, 5.41) is 0. The molecule has 0 aromatic heterocycles. The number of hydrogen-bond donors (Lipinski definition) is 1. The van der Waals surface area contributed by atoms with Gasteiger partial charge >= 0.3 is 0 Å². The number of aryl methyl sites for hydroxylation is 1. The first-order valence-corrected chi connectivity index (χ1v) is 7.20. The van der Waals surface area contributed by atoms with Crippen molar-refractivity contribution in [1.29, 1.82) is 0 Å². The van der Waals surface area contributed by atoms with Crippen molar-refractivity contribution in [2.24, 2.45) is 11.7 Å². The van der Waals surface area contributed by atoms with E-state index in [9.17, 15) is 9.59 Å². The van der Waals surface area contributed by atoms with Gasteiger partial charge in [0.05, 0.1) is 25.1 Å². The van der Waals surface area contributed by atoms with E-state index >= 15 is 0 Å². The van der Waals surface area contributed by atoms with Crippen LogP contribution in [-0.2, 0) is 4.79 Å². The van der Waals surface area contributed by atoms with Crippen LogP contribution in [-0.4, -0.2) is 43.3 Å². The van der Waals surface area contributed by atoms with Crippen molar-refractivity contribution in [2.75, 3.05) is 26.7 Å². The number of carbonyl (C=O) groups excluding carboxylic acids is 2. The van der Waals surface area contributed by atoms with Crippen molar-refractivity contribution >= 4 is 11.7 Å². The Kier molecular flexibility index (Phi) is 4.96. The lowest BCUT2D eigenvalue weighted by Crippen LogP contribution is -2.43. The maximum atomic E-state index is 12.4. The lowest BCUT2D eigenvalue weighted by molar-refractivity contribution is -0.123. The van der Waals surface area contributed by atoms with Crippen molar-refractivity contribution in [3.8, 4) is 5.75 Å². The number of nitrogens with zero attached hydrogens (tertiary/aromatic N) is 1. The van der Waals surface area contributed by atoms with Gasteiger partial charge in [0.15, 0.2) is 5.78 Å². The zero-order chi connectivity index (χ0) is 15.4. The smallest absolute Gasteiger partial charge is 0.221 e. The number of methoxy groups -OCH3 is 1. The highest BCUT2D eigenvalue weighted by Crippen LogP contribution is 2.22. The van der Waals surface area contributed by atoms with E-state index in [0.717, 1.165) is 24.9 Å². The molecule has 2 rings (SSSR count). The van der Waals surface area contributed by atoms with Crippen LogP contribution < -0.4 is 10.5 Å². The van der Waals surface area contributed by atoms with E-state index < -0.39 is 0 Å². The third kappa shape index (κ3) is 3.82. The minimum absolute atomic E-state index is 0.0111. The van der Waals surface area contributed by atoms with Gasteiger partial charge in [-0.3, -0.25) is 14.5 Å². The first kappa shape index (κ1) is 15.5. The summed E-state index contributed by atoms with van der Waals surface area (Å²) >= 11 is 0. The Morgan fingerprint density at radius 1 is 1.43 bits per heavy atom. The van der Waals surface area contributed by atoms with Crippen molar-refractivity contribution in [3.05, 3.63) is 29.3 Å². The molecule has 1 atom stereocenters. The van der Waals surface area contributed by atoms with Crippen LogP contribution in [0.3, 0.4) is 0 Å². The molecule has 0 spiro atoms. The summed E-state index contributed by atoms with van der Waals surface area (Å²) < 4.78 is 5.28. The molecule has 0 saturated carbocycles. The molecule has 1 amide bonds. The van der Waals surface area contributed by atoms with Crippen molar-refractivity contribution < 1.29 is 14.3 Å². The lowest BCUT2D eigenvalue weighted by atomic mass is 9.97. The van der Waals surface area contributed by atoms with E-state index in [0.29, 0.717) is 24.4 Å². The maximum Gasteiger partial charge on any atom is 0.221 e. The number of ether oxygens (including phenoxy) is 1. The quantitative estimate of drug-likeness (QED) is 0.832. The van der Waals surface area contributed by atoms with Gasteiger partial charge in [0.1, 0.15) is 5.75 Å². The lowest BCUT2D eigenvalue weighted by Gasteiger charge is -2.30. The topological polar surface area (TPSA) is 72.6 Å². The fourth-order valence-corrected chi connectivity index (χ4v) is 2.75. The summed E-state index contributed by atoms with van der Waals surface area (Å²) in [6.07, 6.45) is 1.71. The van der Waals surface area contributed by atoms with Gasteiger partial charge in [-0.1, -0.05) is 6.07 Å². The fourth-order valence-electron chi connectivity index (χ4n) is 2.75. The number of hydrogen-bond acceptors (Lipinski definition) is 4. The maximum absolute atomic E-state index is 12.4. The second-order valence-corrected chi connectivity index (χ2v) is 5.60. The summed E-state index contributed by atoms with van der Waals surface area (Å²) in [6, 6.07) is 5.56. The molecule has 1 aliphatic heterocycles. The minimum Gasteiger partial charge on any atom is -0.496 e. The molecular weight excluding hydrogens is 268 g/mol. The number of Topliss-reactive ketones (excluding diaryl/α,β-unsaturated/α-hetero) is 1. The molecule has 0 radical (unpaired) electrons. The third-order valence-corrected chi connectivity index (χ3v) is 3.93. The highest BCUT2D eigenvalue weighted by Gasteiger charge is 2.26. The molecular formula is C16H22N2O3. The van der Waals surface area contributed by atoms with E-state index in [1.54, 1.807) is 13.2 Å². The van der Waals surface area contributed by atoms with Gasteiger partial charge in [-0.25, -0.2) is 0 Å². The van der Waals surface area contributed by atoms with E-state index in [1.165, 1.54) is 0 Å². The standard InChI is InChI=1S/C16H22N2O3/c1-11-5-6-13(15(8-11)21-2)14(19)10-18-7-3-4-12(9-18)16(17)20/h5-6,8,12H,3-4,7,9-10H2,1-2H3,(H2,17,20). The number of likely N-dealkylation sites (tertiary alicyclic amines) is 1. The molecule has 1 aromatic carbocycles. The van der Waals surface area contributed by atoms with Gasteiger partial charge < -0.3 is 10.5 Å². The molecule has 1 aliphatic rings. The normalized spacial score (nSPS) is 19.2. The van der Waals surface area contributed by atoms with Gasteiger partial charge in [0, 0.05) is 6.54 Å².